The summed E-state index contributed by atoms with van der Waals surface area (Å²) < 4.78 is 13.3. The zero-order chi connectivity index (χ0) is 47.9. The molecule has 3 heteroatoms. The van der Waals surface area contributed by atoms with Crippen LogP contribution in [0.2, 0.25) is 0 Å². The van der Waals surface area contributed by atoms with Crippen LogP contribution in [0, 0.1) is 0 Å². The second kappa shape index (κ2) is 16.5. The minimum atomic E-state index is -0.147. The third-order valence-corrected chi connectivity index (χ3v) is 15.1. The number of fused-ring (bicyclic) bond motifs is 9. The molecule has 0 amide bonds. The van der Waals surface area contributed by atoms with Crippen molar-refractivity contribution in [3.8, 4) is 66.8 Å². The number of nitrogens with zero attached hydrogens (tertiary/aromatic N) is 1. The number of para-hydroxylation sites is 2. The molecule has 72 heavy (non-hydrogen) atoms. The fourth-order valence-electron chi connectivity index (χ4n) is 11.6. The van der Waals surface area contributed by atoms with Crippen molar-refractivity contribution >= 4 is 60.9 Å². The number of hydrogen-bond donors (Lipinski definition) is 0. The molecule has 2 aromatic heterocycles. The molecule has 0 atom stereocenters. The standard InChI is InChI=1S/C69H47NO2/c1-69(2)59-22-12-9-19-53(59)54-38-37-52(43-60(54)69)70(50-33-29-47(30-34-50)45-17-7-4-8-18-45)51-35-31-49(32-36-51)66-56(40-42-64-68(66)58-21-11-14-24-62(58)72-64)55-39-41-63-67(57-20-10-13-23-61(57)71-63)65(55)48-27-25-46(26-28-48)44-15-5-3-6-16-44/h3-43H,1-2H3. The first-order valence-corrected chi connectivity index (χ1v) is 24.8. The first-order valence-electron chi connectivity index (χ1n) is 24.8. The number of benzene rings is 11. The third-order valence-electron chi connectivity index (χ3n) is 15.1. The first-order chi connectivity index (χ1) is 35.5. The van der Waals surface area contributed by atoms with Gasteiger partial charge >= 0.3 is 0 Å². The average Bonchev–Trinajstić information content (AvgIpc) is 4.09. The molecule has 0 spiro atoms. The van der Waals surface area contributed by atoms with Gasteiger partial charge in [0.1, 0.15) is 22.3 Å². The lowest BCUT2D eigenvalue weighted by Gasteiger charge is -2.28. The minimum Gasteiger partial charge on any atom is -0.456 e. The zero-order valence-corrected chi connectivity index (χ0v) is 39.9. The number of furan rings is 2. The van der Waals surface area contributed by atoms with Gasteiger partial charge in [-0.15, -0.1) is 0 Å². The van der Waals surface area contributed by atoms with Gasteiger partial charge in [-0.2, -0.15) is 0 Å². The summed E-state index contributed by atoms with van der Waals surface area (Å²) in [5, 5.41) is 4.36. The van der Waals surface area contributed by atoms with Crippen LogP contribution in [0.25, 0.3) is 111 Å². The van der Waals surface area contributed by atoms with Crippen molar-refractivity contribution in [2.45, 2.75) is 19.3 Å². The number of hydrogen-bond acceptors (Lipinski definition) is 3. The molecule has 0 N–H and O–H groups in total. The highest BCUT2D eigenvalue weighted by molar-refractivity contribution is 6.20. The average molecular weight is 922 g/mol. The molecule has 0 radical (unpaired) electrons. The molecule has 3 nitrogen and oxygen atoms in total. The van der Waals surface area contributed by atoms with Crippen molar-refractivity contribution in [1.82, 2.24) is 0 Å². The van der Waals surface area contributed by atoms with Gasteiger partial charge in [0.15, 0.2) is 0 Å². The van der Waals surface area contributed by atoms with E-state index in [0.717, 1.165) is 94.3 Å². The molecule has 2 heterocycles. The highest BCUT2D eigenvalue weighted by Crippen LogP contribution is 2.52. The molecule has 13 aromatic rings. The summed E-state index contributed by atoms with van der Waals surface area (Å²) in [7, 11) is 0. The predicted octanol–water partition coefficient (Wildman–Crippen LogP) is 19.6. The van der Waals surface area contributed by atoms with Crippen LogP contribution in [0.4, 0.5) is 17.1 Å². The van der Waals surface area contributed by atoms with Crippen molar-refractivity contribution in [1.29, 1.82) is 0 Å². The molecule has 11 aromatic carbocycles. The van der Waals surface area contributed by atoms with Crippen LogP contribution < -0.4 is 4.90 Å². The Kier molecular flexibility index (Phi) is 9.56. The lowest BCUT2D eigenvalue weighted by Crippen LogP contribution is -2.16. The Bertz CT molecular complexity index is 4200. The van der Waals surface area contributed by atoms with E-state index < -0.39 is 0 Å². The summed E-state index contributed by atoms with van der Waals surface area (Å²) in [6.45, 7) is 4.70. The lowest BCUT2D eigenvalue weighted by molar-refractivity contribution is 0.660. The molecule has 1 aliphatic carbocycles. The monoisotopic (exact) mass is 921 g/mol. The largest absolute Gasteiger partial charge is 0.456 e. The maximum absolute atomic E-state index is 6.66. The van der Waals surface area contributed by atoms with E-state index in [-0.39, 0.29) is 5.41 Å². The van der Waals surface area contributed by atoms with Gasteiger partial charge in [-0.05, 0) is 140 Å². The molecule has 340 valence electrons. The second-order valence-corrected chi connectivity index (χ2v) is 19.6. The summed E-state index contributed by atoms with van der Waals surface area (Å²) in [6.07, 6.45) is 0. The van der Waals surface area contributed by atoms with Crippen molar-refractivity contribution < 1.29 is 8.83 Å². The molecular weight excluding hydrogens is 875 g/mol. The molecule has 0 unspecified atom stereocenters. The van der Waals surface area contributed by atoms with Crippen LogP contribution in [0.3, 0.4) is 0 Å². The van der Waals surface area contributed by atoms with Crippen molar-refractivity contribution in [2.75, 3.05) is 4.90 Å². The van der Waals surface area contributed by atoms with Gasteiger partial charge in [0.2, 0.25) is 0 Å². The lowest BCUT2D eigenvalue weighted by atomic mass is 9.82. The second-order valence-electron chi connectivity index (χ2n) is 19.6. The number of anilines is 3. The molecule has 0 saturated heterocycles. The molecule has 0 aliphatic heterocycles. The third kappa shape index (κ3) is 6.66. The van der Waals surface area contributed by atoms with E-state index in [1.54, 1.807) is 0 Å². The van der Waals surface area contributed by atoms with E-state index in [2.05, 4.69) is 261 Å². The molecule has 0 saturated carbocycles. The van der Waals surface area contributed by atoms with E-state index in [1.807, 2.05) is 6.07 Å². The fourth-order valence-corrected chi connectivity index (χ4v) is 11.6. The fraction of sp³-hybridized carbons (Fsp3) is 0.0435. The van der Waals surface area contributed by atoms with E-state index in [1.165, 1.54) is 44.5 Å². The Labute approximate surface area is 418 Å². The SMILES string of the molecule is CC1(C)c2ccccc2-c2ccc(N(c3ccc(-c4ccccc4)cc3)c3ccc(-c4c(-c5ccc6oc7ccccc7c6c5-c5ccc(-c6ccccc6)cc5)ccc5oc6ccccc6c45)cc3)cc21. The summed E-state index contributed by atoms with van der Waals surface area (Å²) >= 11 is 0. The zero-order valence-electron chi connectivity index (χ0n) is 39.9. The van der Waals surface area contributed by atoms with Gasteiger partial charge in [-0.1, -0.05) is 190 Å². The highest BCUT2D eigenvalue weighted by atomic mass is 16.3. The van der Waals surface area contributed by atoms with Crippen LogP contribution in [0.15, 0.2) is 258 Å². The highest BCUT2D eigenvalue weighted by Gasteiger charge is 2.36. The van der Waals surface area contributed by atoms with Gasteiger partial charge < -0.3 is 13.7 Å². The minimum absolute atomic E-state index is 0.147. The maximum atomic E-state index is 6.66. The first kappa shape index (κ1) is 41.8. The van der Waals surface area contributed by atoms with Crippen LogP contribution in [0.5, 0.6) is 0 Å². The topological polar surface area (TPSA) is 29.5 Å². The van der Waals surface area contributed by atoms with E-state index in [0.29, 0.717) is 0 Å². The van der Waals surface area contributed by atoms with Crippen molar-refractivity contribution in [3.63, 3.8) is 0 Å². The number of rotatable bonds is 8. The molecule has 14 rings (SSSR count). The maximum Gasteiger partial charge on any atom is 0.136 e. The normalized spacial score (nSPS) is 12.7. The Morgan fingerprint density at radius 2 is 0.681 bits per heavy atom. The van der Waals surface area contributed by atoms with E-state index in [4.69, 9.17) is 8.83 Å². The van der Waals surface area contributed by atoms with Crippen LogP contribution in [-0.2, 0) is 5.41 Å². The van der Waals surface area contributed by atoms with Crippen LogP contribution in [-0.4, -0.2) is 0 Å². The Hall–Kier alpha value is -9.18. The van der Waals surface area contributed by atoms with Crippen molar-refractivity contribution in [2.24, 2.45) is 0 Å². The smallest absolute Gasteiger partial charge is 0.136 e. The van der Waals surface area contributed by atoms with Gasteiger partial charge in [-0.3, -0.25) is 0 Å². The Morgan fingerprint density at radius 3 is 1.22 bits per heavy atom. The summed E-state index contributed by atoms with van der Waals surface area (Å²) in [6, 6.07) is 89.9. The molecule has 0 fully saturated rings. The van der Waals surface area contributed by atoms with Crippen LogP contribution in [0.1, 0.15) is 25.0 Å². The van der Waals surface area contributed by atoms with Gasteiger partial charge in [0.25, 0.3) is 0 Å². The van der Waals surface area contributed by atoms with E-state index >= 15 is 0 Å². The summed E-state index contributed by atoms with van der Waals surface area (Å²) in [4.78, 5) is 2.40. The van der Waals surface area contributed by atoms with Gasteiger partial charge in [-0.25, -0.2) is 0 Å². The summed E-state index contributed by atoms with van der Waals surface area (Å²) in [5.74, 6) is 0. The molecule has 0 bridgehead atoms. The van der Waals surface area contributed by atoms with Crippen LogP contribution >= 0.6 is 0 Å². The van der Waals surface area contributed by atoms with E-state index in [9.17, 15) is 0 Å². The van der Waals surface area contributed by atoms with Crippen molar-refractivity contribution in [3.05, 3.63) is 260 Å². The van der Waals surface area contributed by atoms with Gasteiger partial charge in [0.05, 0.1) is 0 Å². The molecular formula is C69H47NO2. The predicted molar refractivity (Wildman–Crippen MR) is 300 cm³/mol. The summed E-state index contributed by atoms with van der Waals surface area (Å²) in [5.41, 5.74) is 23.3. The Balaban J connectivity index is 0.966. The molecule has 1 aliphatic rings. The van der Waals surface area contributed by atoms with Gasteiger partial charge in [0, 0.05) is 55.1 Å². The quantitative estimate of drug-likeness (QED) is 0.152. The Morgan fingerprint density at radius 1 is 0.292 bits per heavy atom.